The second-order valence-corrected chi connectivity index (χ2v) is 10.0. The normalized spacial score (nSPS) is 15.4. The zero-order valence-electron chi connectivity index (χ0n) is 20.5. The first-order valence-corrected chi connectivity index (χ1v) is 12.4. The predicted molar refractivity (Wildman–Crippen MR) is 137 cm³/mol. The van der Waals surface area contributed by atoms with E-state index in [0.29, 0.717) is 33.6 Å². The van der Waals surface area contributed by atoms with Crippen molar-refractivity contribution in [1.82, 2.24) is 16.0 Å². The number of ether oxygens (including phenoxy) is 1. The molecule has 6 nitrogen and oxygen atoms in total. The van der Waals surface area contributed by atoms with E-state index in [9.17, 15) is 10.1 Å². The molecule has 1 aliphatic heterocycles. The number of hydrogen-bond donors (Lipinski definition) is 3. The number of amides is 1. The summed E-state index contributed by atoms with van der Waals surface area (Å²) in [4.78, 5) is 12.8. The lowest BCUT2D eigenvalue weighted by Gasteiger charge is -2.29. The molecule has 7 heteroatoms. The molecule has 3 N–H and O–H groups in total. The number of halogens is 1. The minimum absolute atomic E-state index is 0.00725. The summed E-state index contributed by atoms with van der Waals surface area (Å²) in [6.45, 7) is 11.1. The molecular weight excluding hydrogens is 448 g/mol. The summed E-state index contributed by atoms with van der Waals surface area (Å²) in [6, 6.07) is 13.0. The molecule has 1 aliphatic rings. The van der Waals surface area contributed by atoms with Crippen molar-refractivity contribution < 1.29 is 9.53 Å². The Hall–Kier alpha value is -2.59. The van der Waals surface area contributed by atoms with Crippen LogP contribution >= 0.6 is 11.6 Å². The van der Waals surface area contributed by atoms with E-state index in [1.165, 1.54) is 0 Å². The van der Waals surface area contributed by atoms with E-state index < -0.39 is 0 Å². The average molecular weight is 483 g/mol. The molecule has 0 bridgehead atoms. The zero-order valence-corrected chi connectivity index (χ0v) is 21.3. The Kier molecular flexibility index (Phi) is 8.96. The van der Waals surface area contributed by atoms with Crippen molar-refractivity contribution in [3.63, 3.8) is 0 Å². The van der Waals surface area contributed by atoms with Crippen molar-refractivity contribution >= 4 is 17.5 Å². The van der Waals surface area contributed by atoms with E-state index in [1.807, 2.05) is 19.1 Å². The summed E-state index contributed by atoms with van der Waals surface area (Å²) in [5.74, 6) is 1.05. The van der Waals surface area contributed by atoms with Gasteiger partial charge in [0.25, 0.3) is 5.91 Å². The Morgan fingerprint density at radius 1 is 1.26 bits per heavy atom. The van der Waals surface area contributed by atoms with Crippen LogP contribution in [0.1, 0.15) is 74.4 Å². The standard InChI is InChI=1S/C27H35ClN4O2/c1-5-31-27(3,4)16-18(2)32-26(33)20-9-10-25(23(28)15-20)34-24-8-6-7-21(22(24)17-29)19-11-13-30-14-12-19/h6-10,15,18-19,30-31H,5,11-14,16H2,1-4H3,(H,32,33). The molecule has 0 spiro atoms. The molecule has 1 fully saturated rings. The van der Waals surface area contributed by atoms with Crippen LogP contribution in [0.15, 0.2) is 36.4 Å². The third-order valence-electron chi connectivity index (χ3n) is 6.21. The summed E-state index contributed by atoms with van der Waals surface area (Å²) in [6.07, 6.45) is 2.78. The van der Waals surface area contributed by atoms with Crippen molar-refractivity contribution in [2.75, 3.05) is 19.6 Å². The number of nitrogens with zero attached hydrogens (tertiary/aromatic N) is 1. The smallest absolute Gasteiger partial charge is 0.251 e. The molecule has 0 saturated carbocycles. The Bertz CT molecular complexity index is 1040. The van der Waals surface area contributed by atoms with Crippen LogP contribution in [0.25, 0.3) is 0 Å². The Morgan fingerprint density at radius 2 is 2.00 bits per heavy atom. The van der Waals surface area contributed by atoms with Crippen molar-refractivity contribution in [2.24, 2.45) is 0 Å². The molecule has 3 rings (SSSR count). The van der Waals surface area contributed by atoms with E-state index >= 15 is 0 Å². The Labute approximate surface area is 208 Å². The van der Waals surface area contributed by atoms with Gasteiger partial charge in [-0.25, -0.2) is 0 Å². The van der Waals surface area contributed by atoms with Crippen molar-refractivity contribution in [2.45, 2.75) is 64.5 Å². The topological polar surface area (TPSA) is 86.2 Å². The van der Waals surface area contributed by atoms with Gasteiger partial charge in [0.2, 0.25) is 0 Å². The second-order valence-electron chi connectivity index (χ2n) is 9.60. The maximum absolute atomic E-state index is 12.8. The van der Waals surface area contributed by atoms with Gasteiger partial charge < -0.3 is 20.7 Å². The third-order valence-corrected chi connectivity index (χ3v) is 6.51. The van der Waals surface area contributed by atoms with Crippen molar-refractivity contribution in [1.29, 1.82) is 5.26 Å². The molecular formula is C27H35ClN4O2. The Morgan fingerprint density at radius 3 is 2.65 bits per heavy atom. The molecule has 1 saturated heterocycles. The highest BCUT2D eigenvalue weighted by Crippen LogP contribution is 2.36. The van der Waals surface area contributed by atoms with Gasteiger partial charge in [-0.05, 0) is 95.4 Å². The van der Waals surface area contributed by atoms with Gasteiger partial charge in [0.15, 0.2) is 0 Å². The third kappa shape index (κ3) is 6.73. The van der Waals surface area contributed by atoms with Crippen LogP contribution in [0.5, 0.6) is 11.5 Å². The first-order valence-electron chi connectivity index (χ1n) is 12.0. The molecule has 34 heavy (non-hydrogen) atoms. The number of carbonyl (C=O) groups excluding carboxylic acids is 1. The summed E-state index contributed by atoms with van der Waals surface area (Å²) < 4.78 is 6.06. The van der Waals surface area contributed by atoms with Gasteiger partial charge in [0.1, 0.15) is 17.6 Å². The van der Waals surface area contributed by atoms with E-state index in [2.05, 4.69) is 42.8 Å². The van der Waals surface area contributed by atoms with E-state index in [1.54, 1.807) is 24.3 Å². The van der Waals surface area contributed by atoms with E-state index in [-0.39, 0.29) is 17.5 Å². The number of nitriles is 1. The lowest BCUT2D eigenvalue weighted by Crippen LogP contribution is -2.45. The van der Waals surface area contributed by atoms with Gasteiger partial charge in [-0.1, -0.05) is 30.7 Å². The number of nitrogens with one attached hydrogen (secondary N) is 3. The monoisotopic (exact) mass is 482 g/mol. The lowest BCUT2D eigenvalue weighted by molar-refractivity contribution is 0.0933. The van der Waals surface area contributed by atoms with Gasteiger partial charge in [0, 0.05) is 17.1 Å². The largest absolute Gasteiger partial charge is 0.454 e. The summed E-state index contributed by atoms with van der Waals surface area (Å²) >= 11 is 6.49. The fourth-order valence-electron chi connectivity index (χ4n) is 4.74. The van der Waals surface area contributed by atoms with Crippen molar-refractivity contribution in [3.05, 3.63) is 58.1 Å². The average Bonchev–Trinajstić information content (AvgIpc) is 2.80. The van der Waals surface area contributed by atoms with Gasteiger partial charge in [-0.3, -0.25) is 4.79 Å². The molecule has 1 unspecified atom stereocenters. The maximum Gasteiger partial charge on any atom is 0.251 e. The quantitative estimate of drug-likeness (QED) is 0.447. The second kappa shape index (κ2) is 11.7. The van der Waals surface area contributed by atoms with E-state index in [0.717, 1.165) is 44.5 Å². The highest BCUT2D eigenvalue weighted by Gasteiger charge is 2.23. The first kappa shape index (κ1) is 26.0. The minimum Gasteiger partial charge on any atom is -0.454 e. The minimum atomic E-state index is -0.182. The Balaban J connectivity index is 1.72. The molecule has 182 valence electrons. The highest BCUT2D eigenvalue weighted by molar-refractivity contribution is 6.32. The van der Waals surface area contributed by atoms with Gasteiger partial charge in [0.05, 0.1) is 10.6 Å². The van der Waals surface area contributed by atoms with Crippen LogP contribution in [0.2, 0.25) is 5.02 Å². The number of hydrogen-bond acceptors (Lipinski definition) is 5. The van der Waals surface area contributed by atoms with Gasteiger partial charge in [-0.2, -0.15) is 5.26 Å². The molecule has 2 aromatic carbocycles. The number of carbonyl (C=O) groups is 1. The van der Waals surface area contributed by atoms with Crippen LogP contribution in [-0.2, 0) is 0 Å². The number of rotatable bonds is 9. The molecule has 0 radical (unpaired) electrons. The first-order chi connectivity index (χ1) is 16.2. The fourth-order valence-corrected chi connectivity index (χ4v) is 4.96. The van der Waals surface area contributed by atoms with Crippen LogP contribution in [-0.4, -0.2) is 37.1 Å². The molecule has 2 aromatic rings. The number of benzene rings is 2. The maximum atomic E-state index is 12.8. The van der Waals surface area contributed by atoms with E-state index in [4.69, 9.17) is 16.3 Å². The van der Waals surface area contributed by atoms with Crippen LogP contribution < -0.4 is 20.7 Å². The fraction of sp³-hybridized carbons (Fsp3) is 0.481. The van der Waals surface area contributed by atoms with Crippen LogP contribution in [0.4, 0.5) is 0 Å². The highest BCUT2D eigenvalue weighted by atomic mass is 35.5. The van der Waals surface area contributed by atoms with Gasteiger partial charge >= 0.3 is 0 Å². The lowest BCUT2D eigenvalue weighted by atomic mass is 9.87. The molecule has 1 atom stereocenters. The SMILES string of the molecule is CCNC(C)(C)CC(C)NC(=O)c1ccc(Oc2cccc(C3CCNCC3)c2C#N)c(Cl)c1. The zero-order chi connectivity index (χ0) is 24.7. The summed E-state index contributed by atoms with van der Waals surface area (Å²) in [5.41, 5.74) is 1.96. The molecule has 0 aromatic heterocycles. The van der Waals surface area contributed by atoms with Gasteiger partial charge in [-0.15, -0.1) is 0 Å². The number of piperidine rings is 1. The molecule has 0 aliphatic carbocycles. The predicted octanol–water partition coefficient (Wildman–Crippen LogP) is 5.37. The summed E-state index contributed by atoms with van der Waals surface area (Å²) in [7, 11) is 0. The molecule has 1 heterocycles. The van der Waals surface area contributed by atoms with Crippen LogP contribution in [0, 0.1) is 11.3 Å². The van der Waals surface area contributed by atoms with Crippen LogP contribution in [0.3, 0.4) is 0 Å². The van der Waals surface area contributed by atoms with Crippen molar-refractivity contribution in [3.8, 4) is 17.6 Å². The molecule has 1 amide bonds. The summed E-state index contributed by atoms with van der Waals surface area (Å²) in [5, 5.41) is 20.0.